The molecule has 27 heavy (non-hydrogen) atoms. The molecular formula is C22H19FN2O2. The number of hydrogen-bond acceptors (Lipinski definition) is 2. The van der Waals surface area contributed by atoms with Gasteiger partial charge in [-0.2, -0.15) is 0 Å². The topological polar surface area (TPSA) is 58.2 Å². The van der Waals surface area contributed by atoms with Crippen LogP contribution in [0.25, 0.3) is 0 Å². The SMILES string of the molecule is Cc1c(NC(=O)Cc2cccc(F)c2)cccc1NC(=O)c1ccccc1. The van der Waals surface area contributed by atoms with Crippen molar-refractivity contribution in [1.29, 1.82) is 0 Å². The summed E-state index contributed by atoms with van der Waals surface area (Å²) in [6.45, 7) is 1.82. The van der Waals surface area contributed by atoms with Gasteiger partial charge in [0, 0.05) is 16.9 Å². The minimum Gasteiger partial charge on any atom is -0.325 e. The highest BCUT2D eigenvalue weighted by molar-refractivity contribution is 6.05. The Morgan fingerprint density at radius 1 is 0.852 bits per heavy atom. The van der Waals surface area contributed by atoms with Crippen molar-refractivity contribution >= 4 is 23.2 Å². The molecule has 0 unspecified atom stereocenters. The van der Waals surface area contributed by atoms with E-state index in [1.165, 1.54) is 12.1 Å². The van der Waals surface area contributed by atoms with E-state index in [2.05, 4.69) is 10.6 Å². The quantitative estimate of drug-likeness (QED) is 0.699. The average molecular weight is 362 g/mol. The van der Waals surface area contributed by atoms with Gasteiger partial charge in [-0.25, -0.2) is 4.39 Å². The summed E-state index contributed by atoms with van der Waals surface area (Å²) in [5.41, 5.74) is 3.11. The number of carbonyl (C=O) groups excluding carboxylic acids is 2. The zero-order valence-electron chi connectivity index (χ0n) is 14.8. The first-order valence-corrected chi connectivity index (χ1v) is 8.53. The maximum Gasteiger partial charge on any atom is 0.255 e. The first-order valence-electron chi connectivity index (χ1n) is 8.53. The molecule has 0 atom stereocenters. The fourth-order valence-corrected chi connectivity index (χ4v) is 2.72. The number of hydrogen-bond donors (Lipinski definition) is 2. The zero-order valence-corrected chi connectivity index (χ0v) is 14.8. The van der Waals surface area contributed by atoms with E-state index in [0.717, 1.165) is 5.56 Å². The molecule has 136 valence electrons. The molecule has 2 amide bonds. The van der Waals surface area contributed by atoms with Gasteiger partial charge in [-0.15, -0.1) is 0 Å². The molecule has 3 rings (SSSR count). The van der Waals surface area contributed by atoms with Gasteiger partial charge in [0.15, 0.2) is 0 Å². The Bertz CT molecular complexity index is 971. The minimum atomic E-state index is -0.373. The lowest BCUT2D eigenvalue weighted by Crippen LogP contribution is -2.17. The van der Waals surface area contributed by atoms with Gasteiger partial charge >= 0.3 is 0 Å². The summed E-state index contributed by atoms with van der Waals surface area (Å²) in [7, 11) is 0. The highest BCUT2D eigenvalue weighted by Crippen LogP contribution is 2.24. The first-order chi connectivity index (χ1) is 13.0. The monoisotopic (exact) mass is 362 g/mol. The molecule has 0 saturated carbocycles. The smallest absolute Gasteiger partial charge is 0.255 e. The predicted octanol–water partition coefficient (Wildman–Crippen LogP) is 4.57. The fraction of sp³-hybridized carbons (Fsp3) is 0.0909. The summed E-state index contributed by atoms with van der Waals surface area (Å²) in [6.07, 6.45) is 0.0673. The Balaban J connectivity index is 1.71. The van der Waals surface area contributed by atoms with Crippen LogP contribution in [0, 0.1) is 12.7 Å². The van der Waals surface area contributed by atoms with Crippen molar-refractivity contribution in [1.82, 2.24) is 0 Å². The highest BCUT2D eigenvalue weighted by Gasteiger charge is 2.11. The van der Waals surface area contributed by atoms with Crippen LogP contribution in [0.15, 0.2) is 72.8 Å². The third kappa shape index (κ3) is 4.79. The van der Waals surface area contributed by atoms with Gasteiger partial charge in [0.05, 0.1) is 6.42 Å². The largest absolute Gasteiger partial charge is 0.325 e. The van der Waals surface area contributed by atoms with E-state index in [9.17, 15) is 14.0 Å². The van der Waals surface area contributed by atoms with Crippen LogP contribution in [0.4, 0.5) is 15.8 Å². The van der Waals surface area contributed by atoms with Crippen molar-refractivity contribution in [3.05, 3.63) is 95.3 Å². The lowest BCUT2D eigenvalue weighted by Gasteiger charge is -2.13. The molecule has 0 spiro atoms. The van der Waals surface area contributed by atoms with Crippen molar-refractivity contribution in [3.8, 4) is 0 Å². The van der Waals surface area contributed by atoms with E-state index in [0.29, 0.717) is 22.5 Å². The molecule has 0 aliphatic carbocycles. The van der Waals surface area contributed by atoms with Crippen LogP contribution >= 0.6 is 0 Å². The molecule has 5 heteroatoms. The number of amides is 2. The number of anilines is 2. The normalized spacial score (nSPS) is 10.3. The number of nitrogens with one attached hydrogen (secondary N) is 2. The van der Waals surface area contributed by atoms with Gasteiger partial charge < -0.3 is 10.6 Å². The summed E-state index contributed by atoms with van der Waals surface area (Å²) >= 11 is 0. The Labute approximate surface area is 157 Å². The van der Waals surface area contributed by atoms with Crippen LogP contribution in [0.1, 0.15) is 21.5 Å². The standard InChI is InChI=1S/C22H19FN2O2/c1-15-19(24-21(26)14-16-7-5-10-18(23)13-16)11-6-12-20(15)25-22(27)17-8-3-2-4-9-17/h2-13H,14H2,1H3,(H,24,26)(H,25,27). The summed E-state index contributed by atoms with van der Waals surface area (Å²) in [6, 6.07) is 20.1. The molecule has 0 saturated heterocycles. The Kier molecular flexibility index (Phi) is 5.61. The number of halogens is 1. The van der Waals surface area contributed by atoms with E-state index < -0.39 is 0 Å². The molecule has 0 aromatic heterocycles. The molecule has 0 radical (unpaired) electrons. The first kappa shape index (κ1) is 18.3. The van der Waals surface area contributed by atoms with Crippen LogP contribution in [0.5, 0.6) is 0 Å². The van der Waals surface area contributed by atoms with Crippen LogP contribution < -0.4 is 10.6 Å². The maximum atomic E-state index is 13.3. The zero-order chi connectivity index (χ0) is 19.2. The molecule has 0 aliphatic heterocycles. The van der Waals surface area contributed by atoms with E-state index in [1.807, 2.05) is 13.0 Å². The second kappa shape index (κ2) is 8.27. The van der Waals surface area contributed by atoms with Gasteiger partial charge in [0.2, 0.25) is 5.91 Å². The number of benzene rings is 3. The predicted molar refractivity (Wildman–Crippen MR) is 104 cm³/mol. The average Bonchev–Trinajstić information content (AvgIpc) is 2.65. The summed E-state index contributed by atoms with van der Waals surface area (Å²) < 4.78 is 13.3. The van der Waals surface area contributed by atoms with Crippen molar-refractivity contribution in [2.45, 2.75) is 13.3 Å². The highest BCUT2D eigenvalue weighted by atomic mass is 19.1. The van der Waals surface area contributed by atoms with Crippen LogP contribution in [0.3, 0.4) is 0 Å². The Morgan fingerprint density at radius 3 is 2.22 bits per heavy atom. The summed E-state index contributed by atoms with van der Waals surface area (Å²) in [5, 5.41) is 5.68. The van der Waals surface area contributed by atoms with Crippen LogP contribution in [-0.4, -0.2) is 11.8 Å². The molecule has 0 heterocycles. The lowest BCUT2D eigenvalue weighted by molar-refractivity contribution is -0.115. The maximum absolute atomic E-state index is 13.3. The second-order valence-corrected chi connectivity index (χ2v) is 6.15. The molecular weight excluding hydrogens is 343 g/mol. The fourth-order valence-electron chi connectivity index (χ4n) is 2.72. The van der Waals surface area contributed by atoms with Gasteiger partial charge in [0.1, 0.15) is 5.82 Å². The van der Waals surface area contributed by atoms with Crippen molar-refractivity contribution < 1.29 is 14.0 Å². The van der Waals surface area contributed by atoms with E-state index in [4.69, 9.17) is 0 Å². The van der Waals surface area contributed by atoms with Crippen molar-refractivity contribution in [2.24, 2.45) is 0 Å². The van der Waals surface area contributed by atoms with Crippen molar-refractivity contribution in [2.75, 3.05) is 10.6 Å². The molecule has 2 N–H and O–H groups in total. The van der Waals surface area contributed by atoms with Gasteiger partial charge in [0.25, 0.3) is 5.91 Å². The Hall–Kier alpha value is -3.47. The van der Waals surface area contributed by atoms with Crippen molar-refractivity contribution in [3.63, 3.8) is 0 Å². The molecule has 0 bridgehead atoms. The van der Waals surface area contributed by atoms with E-state index in [1.54, 1.807) is 54.6 Å². The van der Waals surface area contributed by atoms with Crippen LogP contribution in [0.2, 0.25) is 0 Å². The van der Waals surface area contributed by atoms with Gasteiger partial charge in [-0.3, -0.25) is 9.59 Å². The lowest BCUT2D eigenvalue weighted by atomic mass is 10.1. The third-order valence-corrected chi connectivity index (χ3v) is 4.15. The Morgan fingerprint density at radius 2 is 1.52 bits per heavy atom. The third-order valence-electron chi connectivity index (χ3n) is 4.15. The van der Waals surface area contributed by atoms with Crippen LogP contribution in [-0.2, 0) is 11.2 Å². The second-order valence-electron chi connectivity index (χ2n) is 6.15. The molecule has 4 nitrogen and oxygen atoms in total. The number of carbonyl (C=O) groups is 2. The van der Waals surface area contributed by atoms with Gasteiger partial charge in [-0.05, 0) is 54.4 Å². The molecule has 0 fully saturated rings. The molecule has 3 aromatic rings. The molecule has 3 aromatic carbocycles. The van der Waals surface area contributed by atoms with E-state index >= 15 is 0 Å². The molecule has 0 aliphatic rings. The minimum absolute atomic E-state index is 0.0673. The number of rotatable bonds is 5. The van der Waals surface area contributed by atoms with E-state index in [-0.39, 0.29) is 24.1 Å². The van der Waals surface area contributed by atoms with Gasteiger partial charge in [-0.1, -0.05) is 36.4 Å². The summed E-state index contributed by atoms with van der Waals surface area (Å²) in [4.78, 5) is 24.6. The summed E-state index contributed by atoms with van der Waals surface area (Å²) in [5.74, 6) is -0.848.